The fourth-order valence-corrected chi connectivity index (χ4v) is 2.59. The van der Waals surface area contributed by atoms with E-state index in [9.17, 15) is 4.79 Å². The molecule has 1 saturated carbocycles. The standard InChI is InChI=1S/C15H20O3/c1-17-13-9-8-12(10-14(13)18-2)15(16)11-6-4-3-5-7-11/h8-11H,3-7H2,1-2H3. The monoisotopic (exact) mass is 248 g/mol. The Morgan fingerprint density at radius 3 is 2.33 bits per heavy atom. The Morgan fingerprint density at radius 2 is 1.72 bits per heavy atom. The van der Waals surface area contributed by atoms with E-state index < -0.39 is 0 Å². The van der Waals surface area contributed by atoms with Gasteiger partial charge >= 0.3 is 0 Å². The lowest BCUT2D eigenvalue weighted by molar-refractivity contribution is 0.0889. The molecule has 1 aliphatic rings. The van der Waals surface area contributed by atoms with Gasteiger partial charge in [-0.2, -0.15) is 0 Å². The molecule has 1 aliphatic carbocycles. The van der Waals surface area contributed by atoms with Crippen LogP contribution in [0.15, 0.2) is 18.2 Å². The molecule has 0 aliphatic heterocycles. The number of carbonyl (C=O) groups excluding carboxylic acids is 1. The van der Waals surface area contributed by atoms with E-state index in [1.54, 1.807) is 26.4 Å². The minimum absolute atomic E-state index is 0.192. The van der Waals surface area contributed by atoms with Crippen LogP contribution in [0.4, 0.5) is 0 Å². The minimum atomic E-state index is 0.192. The zero-order valence-corrected chi connectivity index (χ0v) is 11.1. The number of ether oxygens (including phenoxy) is 2. The van der Waals surface area contributed by atoms with E-state index in [1.807, 2.05) is 6.07 Å². The first-order chi connectivity index (χ1) is 8.76. The quantitative estimate of drug-likeness (QED) is 0.765. The van der Waals surface area contributed by atoms with Crippen LogP contribution in [0.3, 0.4) is 0 Å². The number of Topliss-reactive ketones (excluding diaryl/α,β-unsaturated/α-hetero) is 1. The van der Waals surface area contributed by atoms with E-state index in [0.717, 1.165) is 18.4 Å². The second-order valence-corrected chi connectivity index (χ2v) is 4.77. The van der Waals surface area contributed by atoms with Crippen LogP contribution in [-0.4, -0.2) is 20.0 Å². The van der Waals surface area contributed by atoms with Gasteiger partial charge in [-0.15, -0.1) is 0 Å². The average Bonchev–Trinajstić information content (AvgIpc) is 2.46. The highest BCUT2D eigenvalue weighted by Gasteiger charge is 2.23. The van der Waals surface area contributed by atoms with Crippen LogP contribution in [0, 0.1) is 5.92 Å². The summed E-state index contributed by atoms with van der Waals surface area (Å²) < 4.78 is 10.4. The maximum Gasteiger partial charge on any atom is 0.166 e. The molecule has 1 aromatic carbocycles. The van der Waals surface area contributed by atoms with E-state index >= 15 is 0 Å². The number of methoxy groups -OCH3 is 2. The lowest BCUT2D eigenvalue weighted by atomic mass is 9.84. The summed E-state index contributed by atoms with van der Waals surface area (Å²) >= 11 is 0. The van der Waals surface area contributed by atoms with Gasteiger partial charge in [0, 0.05) is 11.5 Å². The Balaban J connectivity index is 2.19. The van der Waals surface area contributed by atoms with Crippen LogP contribution in [0.25, 0.3) is 0 Å². The molecule has 3 nitrogen and oxygen atoms in total. The molecule has 0 atom stereocenters. The highest BCUT2D eigenvalue weighted by molar-refractivity contribution is 5.98. The molecule has 0 aromatic heterocycles. The predicted molar refractivity (Wildman–Crippen MR) is 70.5 cm³/mol. The van der Waals surface area contributed by atoms with E-state index in [1.165, 1.54) is 19.3 Å². The van der Waals surface area contributed by atoms with Gasteiger partial charge in [-0.1, -0.05) is 19.3 Å². The number of carbonyl (C=O) groups is 1. The van der Waals surface area contributed by atoms with Crippen LogP contribution >= 0.6 is 0 Å². The van der Waals surface area contributed by atoms with Gasteiger partial charge in [-0.25, -0.2) is 0 Å². The van der Waals surface area contributed by atoms with Crippen LogP contribution in [-0.2, 0) is 0 Å². The van der Waals surface area contributed by atoms with Gasteiger partial charge in [-0.05, 0) is 31.0 Å². The van der Waals surface area contributed by atoms with Gasteiger partial charge in [0.25, 0.3) is 0 Å². The number of rotatable bonds is 4. The predicted octanol–water partition coefficient (Wildman–Crippen LogP) is 3.47. The normalized spacial score (nSPS) is 16.3. The molecular formula is C15H20O3. The minimum Gasteiger partial charge on any atom is -0.493 e. The summed E-state index contributed by atoms with van der Waals surface area (Å²) in [6.45, 7) is 0. The Bertz CT molecular complexity index is 420. The fraction of sp³-hybridized carbons (Fsp3) is 0.533. The number of benzene rings is 1. The Morgan fingerprint density at radius 1 is 1.06 bits per heavy atom. The van der Waals surface area contributed by atoms with Crippen LogP contribution in [0.5, 0.6) is 11.5 Å². The van der Waals surface area contributed by atoms with Crippen molar-refractivity contribution in [3.05, 3.63) is 23.8 Å². The maximum absolute atomic E-state index is 12.4. The van der Waals surface area contributed by atoms with E-state index in [0.29, 0.717) is 11.5 Å². The molecular weight excluding hydrogens is 228 g/mol. The maximum atomic E-state index is 12.4. The lowest BCUT2D eigenvalue weighted by Crippen LogP contribution is -2.17. The van der Waals surface area contributed by atoms with Crippen molar-refractivity contribution in [2.24, 2.45) is 5.92 Å². The smallest absolute Gasteiger partial charge is 0.166 e. The first-order valence-corrected chi connectivity index (χ1v) is 6.52. The molecule has 0 amide bonds. The van der Waals surface area contributed by atoms with Gasteiger partial charge in [0.1, 0.15) is 0 Å². The number of hydrogen-bond donors (Lipinski definition) is 0. The molecule has 0 heterocycles. The largest absolute Gasteiger partial charge is 0.493 e. The van der Waals surface area contributed by atoms with Crippen molar-refractivity contribution in [3.63, 3.8) is 0 Å². The van der Waals surface area contributed by atoms with Crippen molar-refractivity contribution in [1.29, 1.82) is 0 Å². The zero-order chi connectivity index (χ0) is 13.0. The van der Waals surface area contributed by atoms with Gasteiger partial charge < -0.3 is 9.47 Å². The Kier molecular flexibility index (Phi) is 4.24. The van der Waals surface area contributed by atoms with Gasteiger partial charge in [0.05, 0.1) is 14.2 Å². The fourth-order valence-electron chi connectivity index (χ4n) is 2.59. The van der Waals surface area contributed by atoms with Crippen molar-refractivity contribution in [2.75, 3.05) is 14.2 Å². The Hall–Kier alpha value is -1.51. The summed E-state index contributed by atoms with van der Waals surface area (Å²) in [7, 11) is 3.19. The molecule has 2 rings (SSSR count). The Labute approximate surface area is 108 Å². The van der Waals surface area contributed by atoms with Crippen LogP contribution < -0.4 is 9.47 Å². The third-order valence-corrected chi connectivity index (χ3v) is 3.64. The summed E-state index contributed by atoms with van der Waals surface area (Å²) in [6.07, 6.45) is 5.64. The molecule has 98 valence electrons. The molecule has 0 spiro atoms. The molecule has 0 unspecified atom stereocenters. The van der Waals surface area contributed by atoms with E-state index in [4.69, 9.17) is 9.47 Å². The topological polar surface area (TPSA) is 35.5 Å². The van der Waals surface area contributed by atoms with Crippen LogP contribution in [0.1, 0.15) is 42.5 Å². The summed E-state index contributed by atoms with van der Waals surface area (Å²) in [5, 5.41) is 0. The first-order valence-electron chi connectivity index (χ1n) is 6.52. The van der Waals surface area contributed by atoms with Gasteiger partial charge in [0.15, 0.2) is 17.3 Å². The van der Waals surface area contributed by atoms with Gasteiger partial charge in [-0.3, -0.25) is 4.79 Å². The molecule has 0 N–H and O–H groups in total. The third kappa shape index (κ3) is 2.66. The van der Waals surface area contributed by atoms with Crippen molar-refractivity contribution in [1.82, 2.24) is 0 Å². The second kappa shape index (κ2) is 5.89. The summed E-state index contributed by atoms with van der Waals surface area (Å²) in [6, 6.07) is 5.42. The highest BCUT2D eigenvalue weighted by Crippen LogP contribution is 2.31. The first kappa shape index (κ1) is 12.9. The van der Waals surface area contributed by atoms with Crippen molar-refractivity contribution < 1.29 is 14.3 Å². The molecule has 1 fully saturated rings. The van der Waals surface area contributed by atoms with Crippen LogP contribution in [0.2, 0.25) is 0 Å². The van der Waals surface area contributed by atoms with E-state index in [2.05, 4.69) is 0 Å². The summed E-state index contributed by atoms with van der Waals surface area (Å²) in [4.78, 5) is 12.4. The highest BCUT2D eigenvalue weighted by atomic mass is 16.5. The molecule has 0 radical (unpaired) electrons. The SMILES string of the molecule is COc1ccc(C(=O)C2CCCCC2)cc1OC. The second-order valence-electron chi connectivity index (χ2n) is 4.77. The molecule has 0 saturated heterocycles. The molecule has 3 heteroatoms. The summed E-state index contributed by atoms with van der Waals surface area (Å²) in [5.74, 6) is 1.73. The molecule has 0 bridgehead atoms. The number of hydrogen-bond acceptors (Lipinski definition) is 3. The third-order valence-electron chi connectivity index (χ3n) is 3.64. The average molecular weight is 248 g/mol. The molecule has 1 aromatic rings. The van der Waals surface area contributed by atoms with E-state index in [-0.39, 0.29) is 11.7 Å². The van der Waals surface area contributed by atoms with Crippen molar-refractivity contribution in [3.8, 4) is 11.5 Å². The molecule has 18 heavy (non-hydrogen) atoms. The zero-order valence-electron chi connectivity index (χ0n) is 11.1. The number of ketones is 1. The lowest BCUT2D eigenvalue weighted by Gasteiger charge is -2.20. The van der Waals surface area contributed by atoms with Crippen molar-refractivity contribution >= 4 is 5.78 Å². The summed E-state index contributed by atoms with van der Waals surface area (Å²) in [5.41, 5.74) is 0.736. The van der Waals surface area contributed by atoms with Crippen molar-refractivity contribution in [2.45, 2.75) is 32.1 Å². The van der Waals surface area contributed by atoms with Gasteiger partial charge in [0.2, 0.25) is 0 Å².